The van der Waals surface area contributed by atoms with Crippen molar-refractivity contribution < 1.29 is 13.2 Å². The number of alkyl halides is 3. The molecular weight excluding hydrogens is 323 g/mol. The largest absolute Gasteiger partial charge is 0.407 e. The first-order valence-corrected chi connectivity index (χ1v) is 7.63. The van der Waals surface area contributed by atoms with Crippen molar-refractivity contribution in [3.63, 3.8) is 0 Å². The fraction of sp³-hybridized carbons (Fsp3) is 0.571. The van der Waals surface area contributed by atoms with E-state index in [1.807, 2.05) is 11.9 Å². The number of halogens is 3. The molecule has 1 unspecified atom stereocenters. The second-order valence-corrected chi connectivity index (χ2v) is 6.04. The van der Waals surface area contributed by atoms with Gasteiger partial charge >= 0.3 is 6.18 Å². The number of rotatable bonds is 4. The lowest BCUT2D eigenvalue weighted by Gasteiger charge is -2.40. The van der Waals surface area contributed by atoms with Crippen LogP contribution in [0, 0.1) is 0 Å². The van der Waals surface area contributed by atoms with E-state index in [4.69, 9.17) is 5.73 Å². The molecule has 2 aliphatic rings. The third kappa shape index (κ3) is 3.54. The molecule has 132 valence electrons. The van der Waals surface area contributed by atoms with Gasteiger partial charge in [0.25, 0.3) is 0 Å². The number of aromatic nitrogens is 2. The zero-order valence-corrected chi connectivity index (χ0v) is 13.4. The summed E-state index contributed by atoms with van der Waals surface area (Å²) < 4.78 is 37.7. The van der Waals surface area contributed by atoms with E-state index in [0.29, 0.717) is 23.1 Å². The maximum absolute atomic E-state index is 12.6. The van der Waals surface area contributed by atoms with Crippen LogP contribution in [0.15, 0.2) is 12.3 Å². The molecule has 10 heteroatoms. The fourth-order valence-electron chi connectivity index (χ4n) is 2.82. The van der Waals surface area contributed by atoms with Crippen LogP contribution >= 0.6 is 0 Å². The van der Waals surface area contributed by atoms with Gasteiger partial charge < -0.3 is 21.0 Å². The minimum Gasteiger partial charge on any atom is -0.368 e. The van der Waals surface area contributed by atoms with Crippen LogP contribution in [-0.2, 0) is 0 Å². The Kier molecular flexibility index (Phi) is 4.26. The minimum absolute atomic E-state index is 0.109. The quantitative estimate of drug-likeness (QED) is 0.738. The van der Waals surface area contributed by atoms with Crippen LogP contribution in [0.4, 0.5) is 24.9 Å². The average molecular weight is 343 g/mol. The number of likely N-dealkylation sites (N-methyl/N-ethyl adjacent to an activating group) is 1. The van der Waals surface area contributed by atoms with Crippen molar-refractivity contribution in [2.45, 2.75) is 25.2 Å². The van der Waals surface area contributed by atoms with Crippen LogP contribution in [-0.4, -0.2) is 59.9 Å². The molecule has 0 radical (unpaired) electrons. The number of hydrazine groups is 1. The van der Waals surface area contributed by atoms with E-state index in [1.54, 1.807) is 13.0 Å². The van der Waals surface area contributed by atoms with Gasteiger partial charge in [-0.25, -0.2) is 10.4 Å². The van der Waals surface area contributed by atoms with Crippen LogP contribution in [0.5, 0.6) is 0 Å². The Morgan fingerprint density at radius 2 is 2.08 bits per heavy atom. The highest BCUT2D eigenvalue weighted by Gasteiger charge is 2.34. The molecule has 24 heavy (non-hydrogen) atoms. The van der Waals surface area contributed by atoms with Crippen molar-refractivity contribution in [2.75, 3.05) is 37.3 Å². The molecule has 1 aromatic rings. The summed E-state index contributed by atoms with van der Waals surface area (Å²) in [5.74, 6) is 0.796. The summed E-state index contributed by atoms with van der Waals surface area (Å²) in [5, 5.41) is 4.20. The molecular formula is C14H20F3N7. The molecule has 0 saturated carbocycles. The molecule has 1 fully saturated rings. The Hall–Kier alpha value is -2.07. The van der Waals surface area contributed by atoms with Gasteiger partial charge in [0, 0.05) is 37.0 Å². The van der Waals surface area contributed by atoms with Gasteiger partial charge in [0.05, 0.1) is 11.7 Å². The molecule has 2 aliphatic heterocycles. The number of nitrogen functional groups attached to an aromatic ring is 1. The van der Waals surface area contributed by atoms with Crippen molar-refractivity contribution in [1.29, 1.82) is 0 Å². The third-order valence-corrected chi connectivity index (χ3v) is 4.11. The monoisotopic (exact) mass is 343 g/mol. The number of hydrogen-bond donors (Lipinski definition) is 3. The number of anilines is 2. The summed E-state index contributed by atoms with van der Waals surface area (Å²) in [6, 6.07) is 1.87. The maximum atomic E-state index is 12.6. The van der Waals surface area contributed by atoms with Crippen molar-refractivity contribution in [3.05, 3.63) is 18.0 Å². The summed E-state index contributed by atoms with van der Waals surface area (Å²) in [6.07, 6.45) is -2.86. The summed E-state index contributed by atoms with van der Waals surface area (Å²) in [4.78, 5) is 10.5. The highest BCUT2D eigenvalue weighted by atomic mass is 19.4. The molecule has 4 N–H and O–H groups in total. The van der Waals surface area contributed by atoms with E-state index >= 15 is 0 Å². The van der Waals surface area contributed by atoms with E-state index < -0.39 is 12.7 Å². The highest BCUT2D eigenvalue weighted by molar-refractivity contribution is 5.70. The first-order chi connectivity index (χ1) is 11.2. The Labute approximate surface area is 137 Å². The third-order valence-electron chi connectivity index (χ3n) is 4.11. The predicted octanol–water partition coefficient (Wildman–Crippen LogP) is 0.579. The normalized spacial score (nSPS) is 21.9. The van der Waals surface area contributed by atoms with Gasteiger partial charge in [0.1, 0.15) is 12.4 Å². The van der Waals surface area contributed by atoms with Crippen molar-refractivity contribution in [3.8, 4) is 0 Å². The van der Waals surface area contributed by atoms with Crippen LogP contribution in [0.3, 0.4) is 0 Å². The Morgan fingerprint density at radius 3 is 2.71 bits per heavy atom. The minimum atomic E-state index is -4.28. The molecule has 3 heterocycles. The Bertz CT molecular complexity index is 640. The fourth-order valence-corrected chi connectivity index (χ4v) is 2.82. The van der Waals surface area contributed by atoms with E-state index in [9.17, 15) is 13.2 Å². The van der Waals surface area contributed by atoms with Gasteiger partial charge in [-0.05, 0) is 14.0 Å². The maximum Gasteiger partial charge on any atom is 0.407 e. The van der Waals surface area contributed by atoms with Gasteiger partial charge in [-0.3, -0.25) is 0 Å². The lowest BCUT2D eigenvalue weighted by molar-refractivity contribution is -0.144. The molecule has 1 aromatic heterocycles. The first-order valence-electron chi connectivity index (χ1n) is 7.63. The number of nitrogens with one attached hydrogen (secondary N) is 2. The number of hydrogen-bond acceptors (Lipinski definition) is 7. The van der Waals surface area contributed by atoms with Gasteiger partial charge in [0.15, 0.2) is 0 Å². The Morgan fingerprint density at radius 1 is 1.38 bits per heavy atom. The summed E-state index contributed by atoms with van der Waals surface area (Å²) in [7, 11) is 1.90. The van der Waals surface area contributed by atoms with Gasteiger partial charge in [0.2, 0.25) is 5.95 Å². The van der Waals surface area contributed by atoms with Gasteiger partial charge in [-0.2, -0.15) is 18.2 Å². The first kappa shape index (κ1) is 16.8. The number of nitrogens with two attached hydrogens (primary N) is 1. The van der Waals surface area contributed by atoms with Crippen LogP contribution in [0.2, 0.25) is 0 Å². The average Bonchev–Trinajstić information content (AvgIpc) is 2.75. The van der Waals surface area contributed by atoms with E-state index in [2.05, 4.69) is 20.7 Å². The standard InChI is InChI=1S/C14H20F3N7/c1-8-10(6-24(22-8)7-14(15,16)17)11-3-12(21-13(18)20-11)23-4-9(5-23)19-2/h3,6,8-9,19,22H,4-5,7H2,1-2H3,(H2,18,20,21). The van der Waals surface area contributed by atoms with Crippen LogP contribution in [0.1, 0.15) is 12.6 Å². The van der Waals surface area contributed by atoms with Gasteiger partial charge in [-0.15, -0.1) is 0 Å². The van der Waals surface area contributed by atoms with E-state index in [1.165, 1.54) is 6.20 Å². The number of nitrogens with zero attached hydrogens (tertiary/aromatic N) is 4. The summed E-state index contributed by atoms with van der Waals surface area (Å²) in [5.41, 5.74) is 9.74. The van der Waals surface area contributed by atoms with Crippen molar-refractivity contribution in [1.82, 2.24) is 25.7 Å². The molecule has 1 saturated heterocycles. The van der Waals surface area contributed by atoms with E-state index in [0.717, 1.165) is 18.1 Å². The SMILES string of the molecule is CNC1CN(c2cc(C3=CN(CC(F)(F)F)NC3C)nc(N)n2)C1. The topological polar surface area (TPSA) is 82.3 Å². The van der Waals surface area contributed by atoms with Crippen LogP contribution in [0.25, 0.3) is 5.57 Å². The predicted molar refractivity (Wildman–Crippen MR) is 84.8 cm³/mol. The second kappa shape index (κ2) is 6.10. The zero-order valence-electron chi connectivity index (χ0n) is 13.4. The summed E-state index contributed by atoms with van der Waals surface area (Å²) >= 11 is 0. The lowest BCUT2D eigenvalue weighted by Crippen LogP contribution is -2.57. The van der Waals surface area contributed by atoms with Crippen molar-refractivity contribution in [2.24, 2.45) is 0 Å². The molecule has 1 atom stereocenters. The highest BCUT2D eigenvalue weighted by Crippen LogP contribution is 2.28. The van der Waals surface area contributed by atoms with Crippen LogP contribution < -0.4 is 21.4 Å². The molecule has 0 spiro atoms. The molecule has 0 bridgehead atoms. The van der Waals surface area contributed by atoms with E-state index in [-0.39, 0.29) is 12.0 Å². The second-order valence-electron chi connectivity index (χ2n) is 6.04. The Balaban J connectivity index is 1.81. The molecule has 0 amide bonds. The lowest BCUT2D eigenvalue weighted by atomic mass is 10.1. The summed E-state index contributed by atoms with van der Waals surface area (Å²) in [6.45, 7) is 2.32. The molecule has 3 rings (SSSR count). The zero-order chi connectivity index (χ0) is 17.5. The van der Waals surface area contributed by atoms with Gasteiger partial charge in [-0.1, -0.05) is 0 Å². The molecule has 0 aromatic carbocycles. The molecule has 7 nitrogen and oxygen atoms in total. The smallest absolute Gasteiger partial charge is 0.368 e. The molecule has 0 aliphatic carbocycles. The van der Waals surface area contributed by atoms with Crippen molar-refractivity contribution >= 4 is 17.3 Å².